The minimum Gasteiger partial charge on any atom is -0.464 e. The summed E-state index contributed by atoms with van der Waals surface area (Å²) in [7, 11) is 0. The highest BCUT2D eigenvalue weighted by molar-refractivity contribution is 6.31. The molecule has 0 aliphatic carbocycles. The van der Waals surface area contributed by atoms with E-state index in [1.54, 1.807) is 0 Å². The Morgan fingerprint density at radius 3 is 2.76 bits per heavy atom. The molecule has 2 atom stereocenters. The molecule has 5 heteroatoms. The quantitative estimate of drug-likeness (QED) is 0.684. The number of esters is 1. The number of cyclic esters (lactones) is 1. The number of hydrogen-bond donors (Lipinski definition) is 2. The molecule has 0 radical (unpaired) electrons. The number of nitrogens with one attached hydrogen (secondary N) is 2. The zero-order valence-electron chi connectivity index (χ0n) is 13.7. The molecule has 25 heavy (non-hydrogen) atoms. The number of carbonyl (C=O) groups excluding carboxylic acids is 1. The summed E-state index contributed by atoms with van der Waals surface area (Å²) in [6.45, 7) is 1.10. The van der Waals surface area contributed by atoms with Crippen LogP contribution >= 0.6 is 11.6 Å². The molecule has 2 aromatic carbocycles. The SMILES string of the molecule is O=C1OCC[C@H]1NC[C@@H](c1ccccc1Cl)c1c[nH]c2ccccc12. The van der Waals surface area contributed by atoms with Gasteiger partial charge in [-0.25, -0.2) is 0 Å². The highest BCUT2D eigenvalue weighted by Gasteiger charge is 2.28. The summed E-state index contributed by atoms with van der Waals surface area (Å²) in [6, 6.07) is 15.8. The van der Waals surface area contributed by atoms with Gasteiger partial charge in [0.15, 0.2) is 0 Å². The molecule has 128 valence electrons. The summed E-state index contributed by atoms with van der Waals surface area (Å²) in [5, 5.41) is 5.26. The standard InChI is InChI=1S/C20H19ClN2O2/c21-17-7-3-1-5-13(17)15(11-23-19-9-10-25-20(19)24)16-12-22-18-8-4-2-6-14(16)18/h1-8,12,15,19,22-23H,9-11H2/t15-,19+/m0/s1. The Balaban J connectivity index is 1.71. The average molecular weight is 355 g/mol. The molecule has 0 amide bonds. The van der Waals surface area contributed by atoms with Crippen molar-refractivity contribution < 1.29 is 9.53 Å². The van der Waals surface area contributed by atoms with Gasteiger partial charge in [-0.2, -0.15) is 0 Å². The number of benzene rings is 2. The Hall–Kier alpha value is -2.30. The Kier molecular flexibility index (Phi) is 4.47. The molecule has 1 aromatic heterocycles. The van der Waals surface area contributed by atoms with Gasteiger partial charge in [-0.15, -0.1) is 0 Å². The molecule has 0 spiro atoms. The van der Waals surface area contributed by atoms with Gasteiger partial charge in [0.2, 0.25) is 0 Å². The van der Waals surface area contributed by atoms with Gasteiger partial charge in [0.05, 0.1) is 6.61 Å². The number of H-pyrrole nitrogens is 1. The second kappa shape index (κ2) is 6.90. The molecule has 4 rings (SSSR count). The molecule has 1 saturated heterocycles. The lowest BCUT2D eigenvalue weighted by Gasteiger charge is -2.20. The summed E-state index contributed by atoms with van der Waals surface area (Å²) in [4.78, 5) is 15.1. The van der Waals surface area contributed by atoms with Crippen molar-refractivity contribution in [3.8, 4) is 0 Å². The molecular formula is C20H19ClN2O2. The number of aromatic amines is 1. The predicted molar refractivity (Wildman–Crippen MR) is 99.0 cm³/mol. The van der Waals surface area contributed by atoms with Crippen LogP contribution in [0.25, 0.3) is 10.9 Å². The number of rotatable bonds is 5. The monoisotopic (exact) mass is 354 g/mol. The van der Waals surface area contributed by atoms with Crippen LogP contribution in [0.4, 0.5) is 0 Å². The van der Waals surface area contributed by atoms with E-state index < -0.39 is 0 Å². The van der Waals surface area contributed by atoms with Crippen LogP contribution in [0.3, 0.4) is 0 Å². The topological polar surface area (TPSA) is 54.1 Å². The Bertz CT molecular complexity index is 905. The van der Waals surface area contributed by atoms with E-state index in [1.807, 2.05) is 42.6 Å². The summed E-state index contributed by atoms with van der Waals surface area (Å²) in [5.74, 6) is -0.130. The van der Waals surface area contributed by atoms with Gasteiger partial charge in [-0.3, -0.25) is 4.79 Å². The third-order valence-electron chi connectivity index (χ3n) is 4.78. The second-order valence-electron chi connectivity index (χ2n) is 6.28. The number of para-hydroxylation sites is 1. The molecule has 1 fully saturated rings. The molecular weight excluding hydrogens is 336 g/mol. The predicted octanol–water partition coefficient (Wildman–Crippen LogP) is 3.86. The van der Waals surface area contributed by atoms with E-state index in [1.165, 1.54) is 10.9 Å². The fourth-order valence-electron chi connectivity index (χ4n) is 3.47. The first kappa shape index (κ1) is 16.2. The van der Waals surface area contributed by atoms with Crippen molar-refractivity contribution in [2.75, 3.05) is 13.2 Å². The highest BCUT2D eigenvalue weighted by Crippen LogP contribution is 2.34. The first-order chi connectivity index (χ1) is 12.2. The van der Waals surface area contributed by atoms with Gasteiger partial charge in [-0.05, 0) is 23.3 Å². The van der Waals surface area contributed by atoms with Crippen molar-refractivity contribution in [1.29, 1.82) is 0 Å². The molecule has 1 aliphatic rings. The number of fused-ring (bicyclic) bond motifs is 1. The van der Waals surface area contributed by atoms with Crippen LogP contribution in [0.15, 0.2) is 54.7 Å². The van der Waals surface area contributed by atoms with Gasteiger partial charge in [0, 0.05) is 41.0 Å². The maximum absolute atomic E-state index is 11.8. The molecule has 1 aliphatic heterocycles. The Morgan fingerprint density at radius 1 is 1.16 bits per heavy atom. The van der Waals surface area contributed by atoms with Crippen molar-refractivity contribution in [2.45, 2.75) is 18.4 Å². The van der Waals surface area contributed by atoms with E-state index >= 15 is 0 Å². The normalized spacial score (nSPS) is 18.4. The zero-order chi connectivity index (χ0) is 17.2. The maximum atomic E-state index is 11.8. The Morgan fingerprint density at radius 2 is 1.96 bits per heavy atom. The van der Waals surface area contributed by atoms with Gasteiger partial charge in [-0.1, -0.05) is 48.0 Å². The minimum atomic E-state index is -0.241. The van der Waals surface area contributed by atoms with Crippen molar-refractivity contribution in [1.82, 2.24) is 10.3 Å². The first-order valence-electron chi connectivity index (χ1n) is 8.44. The largest absolute Gasteiger partial charge is 0.464 e. The van der Waals surface area contributed by atoms with Crippen LogP contribution in [0.5, 0.6) is 0 Å². The van der Waals surface area contributed by atoms with Crippen molar-refractivity contribution in [3.05, 3.63) is 70.9 Å². The molecule has 0 saturated carbocycles. The van der Waals surface area contributed by atoms with E-state index in [0.29, 0.717) is 19.6 Å². The number of ether oxygens (including phenoxy) is 1. The fourth-order valence-corrected chi connectivity index (χ4v) is 3.74. The Labute approximate surface area is 151 Å². The summed E-state index contributed by atoms with van der Waals surface area (Å²) >= 11 is 6.48. The molecule has 2 N–H and O–H groups in total. The lowest BCUT2D eigenvalue weighted by molar-refractivity contribution is -0.139. The molecule has 2 heterocycles. The smallest absolute Gasteiger partial charge is 0.323 e. The minimum absolute atomic E-state index is 0.0400. The van der Waals surface area contributed by atoms with Gasteiger partial charge in [0.1, 0.15) is 6.04 Å². The molecule has 0 unspecified atom stereocenters. The second-order valence-corrected chi connectivity index (χ2v) is 6.69. The molecule has 4 nitrogen and oxygen atoms in total. The zero-order valence-corrected chi connectivity index (χ0v) is 14.4. The average Bonchev–Trinajstić information content (AvgIpc) is 3.23. The van der Waals surface area contributed by atoms with Gasteiger partial charge < -0.3 is 15.0 Å². The fraction of sp³-hybridized carbons (Fsp3) is 0.250. The first-order valence-corrected chi connectivity index (χ1v) is 8.82. The van der Waals surface area contributed by atoms with E-state index in [-0.39, 0.29) is 17.9 Å². The van der Waals surface area contributed by atoms with Crippen LogP contribution in [0.1, 0.15) is 23.5 Å². The summed E-state index contributed by atoms with van der Waals surface area (Å²) in [5.41, 5.74) is 3.31. The van der Waals surface area contributed by atoms with Crippen LogP contribution in [0.2, 0.25) is 5.02 Å². The molecule has 3 aromatic rings. The van der Waals surface area contributed by atoms with Gasteiger partial charge in [0.25, 0.3) is 0 Å². The number of halogens is 1. The molecule has 0 bridgehead atoms. The third kappa shape index (κ3) is 3.15. The van der Waals surface area contributed by atoms with Crippen LogP contribution in [0, 0.1) is 0 Å². The lowest BCUT2D eigenvalue weighted by Crippen LogP contribution is -2.36. The summed E-state index contributed by atoms with van der Waals surface area (Å²) in [6.07, 6.45) is 2.75. The van der Waals surface area contributed by atoms with Crippen LogP contribution < -0.4 is 5.32 Å². The van der Waals surface area contributed by atoms with E-state index in [0.717, 1.165) is 16.1 Å². The third-order valence-corrected chi connectivity index (χ3v) is 5.13. The van der Waals surface area contributed by atoms with E-state index in [9.17, 15) is 4.79 Å². The highest BCUT2D eigenvalue weighted by atomic mass is 35.5. The van der Waals surface area contributed by atoms with Gasteiger partial charge >= 0.3 is 5.97 Å². The van der Waals surface area contributed by atoms with Crippen molar-refractivity contribution in [3.63, 3.8) is 0 Å². The summed E-state index contributed by atoms with van der Waals surface area (Å²) < 4.78 is 5.05. The van der Waals surface area contributed by atoms with Crippen LogP contribution in [-0.4, -0.2) is 30.1 Å². The van der Waals surface area contributed by atoms with E-state index in [2.05, 4.69) is 22.4 Å². The van der Waals surface area contributed by atoms with Crippen molar-refractivity contribution in [2.24, 2.45) is 0 Å². The lowest BCUT2D eigenvalue weighted by atomic mass is 9.90. The van der Waals surface area contributed by atoms with E-state index in [4.69, 9.17) is 16.3 Å². The van der Waals surface area contributed by atoms with Crippen molar-refractivity contribution >= 4 is 28.5 Å². The van der Waals surface area contributed by atoms with Crippen LogP contribution in [-0.2, 0) is 9.53 Å². The number of aromatic nitrogens is 1. The number of hydrogen-bond acceptors (Lipinski definition) is 3. The maximum Gasteiger partial charge on any atom is 0.323 e. The number of carbonyl (C=O) groups is 1.